The van der Waals surface area contributed by atoms with Gasteiger partial charge in [-0.2, -0.15) is 0 Å². The van der Waals surface area contributed by atoms with Crippen LogP contribution in [0.25, 0.3) is 0 Å². The number of hydrogen-bond acceptors (Lipinski definition) is 4. The molecule has 0 aromatic heterocycles. The highest BCUT2D eigenvalue weighted by molar-refractivity contribution is 7.89. The summed E-state index contributed by atoms with van der Waals surface area (Å²) in [5.41, 5.74) is 2.06. The summed E-state index contributed by atoms with van der Waals surface area (Å²) in [4.78, 5) is 12.1. The van der Waals surface area contributed by atoms with Gasteiger partial charge in [0, 0.05) is 5.02 Å². The van der Waals surface area contributed by atoms with Crippen LogP contribution in [0.1, 0.15) is 11.1 Å². The highest BCUT2D eigenvalue weighted by atomic mass is 35.5. The van der Waals surface area contributed by atoms with Crippen molar-refractivity contribution in [3.05, 3.63) is 52.5 Å². The lowest BCUT2D eigenvalue weighted by Crippen LogP contribution is -2.33. The summed E-state index contributed by atoms with van der Waals surface area (Å²) >= 11 is 5.90. The van der Waals surface area contributed by atoms with Gasteiger partial charge in [0.15, 0.2) is 0 Å². The van der Waals surface area contributed by atoms with Gasteiger partial charge in [0.05, 0.1) is 24.2 Å². The number of halogens is 1. The minimum absolute atomic E-state index is 0.0512. The molecular weight excluding hydrogens is 364 g/mol. The number of carbonyl (C=O) groups excluding carboxylic acids is 1. The van der Waals surface area contributed by atoms with Crippen LogP contribution in [0, 0.1) is 13.8 Å². The largest absolute Gasteiger partial charge is 0.495 e. The van der Waals surface area contributed by atoms with Crippen molar-refractivity contribution in [3.8, 4) is 5.75 Å². The average molecular weight is 383 g/mol. The van der Waals surface area contributed by atoms with E-state index >= 15 is 0 Å². The Bertz CT molecular complexity index is 898. The van der Waals surface area contributed by atoms with E-state index in [4.69, 9.17) is 16.3 Å². The van der Waals surface area contributed by atoms with E-state index in [1.165, 1.54) is 25.3 Å². The predicted molar refractivity (Wildman–Crippen MR) is 97.7 cm³/mol. The lowest BCUT2D eigenvalue weighted by molar-refractivity contribution is -0.115. The standard InChI is InChI=1S/C17H19ClN2O4S/c1-11-4-7-16(24-3)15(8-11)20-17(21)10-19-25(22,23)13-5-6-14(18)12(2)9-13/h4-9,19H,10H2,1-3H3,(H,20,21). The Balaban J connectivity index is 2.06. The maximum atomic E-state index is 12.3. The summed E-state index contributed by atoms with van der Waals surface area (Å²) in [5, 5.41) is 3.11. The molecule has 0 heterocycles. The van der Waals surface area contributed by atoms with Gasteiger partial charge in [0.25, 0.3) is 0 Å². The van der Waals surface area contributed by atoms with Crippen molar-refractivity contribution >= 4 is 33.2 Å². The molecule has 0 bridgehead atoms. The van der Waals surface area contributed by atoms with Gasteiger partial charge in [-0.05, 0) is 55.3 Å². The molecule has 0 aliphatic heterocycles. The highest BCUT2D eigenvalue weighted by Gasteiger charge is 2.17. The number of nitrogens with one attached hydrogen (secondary N) is 2. The predicted octanol–water partition coefficient (Wildman–Crippen LogP) is 2.88. The fourth-order valence-corrected chi connectivity index (χ4v) is 3.33. The van der Waals surface area contributed by atoms with E-state index in [1.54, 1.807) is 19.1 Å². The summed E-state index contributed by atoms with van der Waals surface area (Å²) in [5.74, 6) is -0.00621. The zero-order chi connectivity index (χ0) is 18.6. The van der Waals surface area contributed by atoms with E-state index in [-0.39, 0.29) is 4.90 Å². The first kappa shape index (κ1) is 19.2. The second kappa shape index (κ2) is 7.86. The first-order valence-corrected chi connectivity index (χ1v) is 9.29. The number of methoxy groups -OCH3 is 1. The summed E-state index contributed by atoms with van der Waals surface area (Å²) in [6.07, 6.45) is 0. The number of amides is 1. The van der Waals surface area contributed by atoms with Gasteiger partial charge in [-0.15, -0.1) is 0 Å². The molecule has 0 aliphatic carbocycles. The number of anilines is 1. The van der Waals surface area contributed by atoms with Crippen molar-refractivity contribution in [2.24, 2.45) is 0 Å². The van der Waals surface area contributed by atoms with E-state index in [9.17, 15) is 13.2 Å². The Morgan fingerprint density at radius 3 is 2.52 bits per heavy atom. The fourth-order valence-electron chi connectivity index (χ4n) is 2.14. The maximum Gasteiger partial charge on any atom is 0.241 e. The van der Waals surface area contributed by atoms with E-state index < -0.39 is 22.5 Å². The number of benzene rings is 2. The normalized spacial score (nSPS) is 11.2. The van der Waals surface area contributed by atoms with Crippen LogP contribution in [0.15, 0.2) is 41.3 Å². The first-order valence-electron chi connectivity index (χ1n) is 7.43. The van der Waals surface area contributed by atoms with Gasteiger partial charge >= 0.3 is 0 Å². The first-order chi connectivity index (χ1) is 11.7. The summed E-state index contributed by atoms with van der Waals surface area (Å²) < 4.78 is 32.0. The van der Waals surface area contributed by atoms with Crippen molar-refractivity contribution in [1.82, 2.24) is 4.72 Å². The molecule has 6 nitrogen and oxygen atoms in total. The molecule has 2 rings (SSSR count). The third kappa shape index (κ3) is 4.94. The Kier molecular flexibility index (Phi) is 6.05. The van der Waals surface area contributed by atoms with Crippen LogP contribution in [0.3, 0.4) is 0 Å². The second-order valence-corrected chi connectivity index (χ2v) is 7.66. The molecule has 0 radical (unpaired) electrons. The van der Waals surface area contributed by atoms with Gasteiger partial charge in [0.2, 0.25) is 15.9 Å². The molecule has 0 saturated carbocycles. The smallest absolute Gasteiger partial charge is 0.241 e. The topological polar surface area (TPSA) is 84.5 Å². The minimum atomic E-state index is -3.81. The van der Waals surface area contributed by atoms with Crippen molar-refractivity contribution < 1.29 is 17.9 Å². The Hall–Kier alpha value is -2.09. The number of sulfonamides is 1. The van der Waals surface area contributed by atoms with E-state index in [0.717, 1.165) is 5.56 Å². The Morgan fingerprint density at radius 1 is 1.16 bits per heavy atom. The Morgan fingerprint density at radius 2 is 1.88 bits per heavy atom. The third-order valence-corrected chi connectivity index (χ3v) is 5.31. The van der Waals surface area contributed by atoms with Gasteiger partial charge in [-0.3, -0.25) is 4.79 Å². The van der Waals surface area contributed by atoms with E-state index in [2.05, 4.69) is 10.0 Å². The highest BCUT2D eigenvalue weighted by Crippen LogP contribution is 2.25. The average Bonchev–Trinajstić information content (AvgIpc) is 2.56. The fraction of sp³-hybridized carbons (Fsp3) is 0.235. The molecule has 8 heteroatoms. The number of carbonyl (C=O) groups is 1. The molecule has 2 N–H and O–H groups in total. The van der Waals surface area contributed by atoms with Crippen LogP contribution in [0.5, 0.6) is 5.75 Å². The van der Waals surface area contributed by atoms with Crippen LogP contribution in [0.4, 0.5) is 5.69 Å². The summed E-state index contributed by atoms with van der Waals surface area (Å²) in [7, 11) is -2.32. The van der Waals surface area contributed by atoms with Gasteiger partial charge < -0.3 is 10.1 Å². The number of rotatable bonds is 6. The van der Waals surface area contributed by atoms with Gasteiger partial charge in [-0.25, -0.2) is 13.1 Å². The number of ether oxygens (including phenoxy) is 1. The number of aryl methyl sites for hydroxylation is 2. The lowest BCUT2D eigenvalue weighted by atomic mass is 10.2. The van der Waals surface area contributed by atoms with Gasteiger partial charge in [-0.1, -0.05) is 17.7 Å². The molecule has 2 aromatic rings. The van der Waals surface area contributed by atoms with Crippen LogP contribution < -0.4 is 14.8 Å². The zero-order valence-electron chi connectivity index (χ0n) is 14.1. The van der Waals surface area contributed by atoms with Crippen molar-refractivity contribution in [2.75, 3.05) is 19.0 Å². The molecule has 1 amide bonds. The van der Waals surface area contributed by atoms with Crippen LogP contribution in [-0.4, -0.2) is 28.0 Å². The lowest BCUT2D eigenvalue weighted by Gasteiger charge is -2.12. The SMILES string of the molecule is COc1ccc(C)cc1NC(=O)CNS(=O)(=O)c1ccc(Cl)c(C)c1. The molecule has 2 aromatic carbocycles. The molecule has 0 unspecified atom stereocenters. The summed E-state index contributed by atoms with van der Waals surface area (Å²) in [6.45, 7) is 3.18. The van der Waals surface area contributed by atoms with Crippen molar-refractivity contribution in [1.29, 1.82) is 0 Å². The maximum absolute atomic E-state index is 12.3. The molecule has 25 heavy (non-hydrogen) atoms. The molecular formula is C17H19ClN2O4S. The van der Waals surface area contributed by atoms with E-state index in [0.29, 0.717) is 22.0 Å². The molecule has 0 aliphatic rings. The van der Waals surface area contributed by atoms with E-state index in [1.807, 2.05) is 13.0 Å². The zero-order valence-corrected chi connectivity index (χ0v) is 15.7. The number of hydrogen-bond donors (Lipinski definition) is 2. The van der Waals surface area contributed by atoms with Gasteiger partial charge in [0.1, 0.15) is 5.75 Å². The molecule has 0 saturated heterocycles. The third-order valence-electron chi connectivity index (χ3n) is 3.49. The monoisotopic (exact) mass is 382 g/mol. The quantitative estimate of drug-likeness (QED) is 0.804. The van der Waals surface area contributed by atoms with Crippen LogP contribution in [0.2, 0.25) is 5.02 Å². The second-order valence-electron chi connectivity index (χ2n) is 5.49. The molecule has 0 fully saturated rings. The Labute approximate surface area is 152 Å². The molecule has 0 atom stereocenters. The van der Waals surface area contributed by atoms with Crippen LogP contribution >= 0.6 is 11.6 Å². The molecule has 134 valence electrons. The van der Waals surface area contributed by atoms with Crippen molar-refractivity contribution in [3.63, 3.8) is 0 Å². The van der Waals surface area contributed by atoms with Crippen molar-refractivity contribution in [2.45, 2.75) is 18.7 Å². The summed E-state index contributed by atoms with van der Waals surface area (Å²) in [6, 6.07) is 9.66. The van der Waals surface area contributed by atoms with Crippen LogP contribution in [-0.2, 0) is 14.8 Å². The molecule has 0 spiro atoms. The minimum Gasteiger partial charge on any atom is -0.495 e.